The minimum Gasteiger partial charge on any atom is -0.496 e. The molecule has 0 aliphatic rings. The van der Waals surface area contributed by atoms with Crippen molar-refractivity contribution in [2.24, 2.45) is 0 Å². The number of ether oxygens (including phenoxy) is 1. The molecule has 0 spiro atoms. The molecule has 6 heteroatoms. The lowest BCUT2D eigenvalue weighted by atomic mass is 10.1. The maximum Gasteiger partial charge on any atom is 0.273 e. The molecule has 0 aromatic heterocycles. The Labute approximate surface area is 131 Å². The van der Waals surface area contributed by atoms with E-state index in [-0.39, 0.29) is 5.69 Å². The van der Waals surface area contributed by atoms with Crippen molar-refractivity contribution in [1.29, 1.82) is 0 Å². The number of anilines is 1. The monoisotopic (exact) mass is 350 g/mol. The fourth-order valence-corrected chi connectivity index (χ4v) is 2.17. The Balaban J connectivity index is 2.17. The molecule has 2 rings (SSSR count). The average molecular weight is 351 g/mol. The highest BCUT2D eigenvalue weighted by Crippen LogP contribution is 2.24. The summed E-state index contributed by atoms with van der Waals surface area (Å²) in [5.74, 6) is 0.480. The van der Waals surface area contributed by atoms with Gasteiger partial charge in [0, 0.05) is 22.8 Å². The molecule has 1 N–H and O–H groups in total. The Morgan fingerprint density at radius 2 is 2.05 bits per heavy atom. The molecule has 2 aromatic carbocycles. The number of hydrogen-bond donors (Lipinski definition) is 1. The largest absolute Gasteiger partial charge is 0.496 e. The lowest BCUT2D eigenvalue weighted by Gasteiger charge is -2.09. The highest BCUT2D eigenvalue weighted by atomic mass is 79.9. The van der Waals surface area contributed by atoms with Crippen LogP contribution in [-0.4, -0.2) is 12.0 Å². The molecule has 0 fully saturated rings. The van der Waals surface area contributed by atoms with E-state index in [4.69, 9.17) is 4.74 Å². The second-order valence-corrected chi connectivity index (χ2v) is 5.47. The second kappa shape index (κ2) is 6.58. The van der Waals surface area contributed by atoms with Gasteiger partial charge >= 0.3 is 0 Å². The van der Waals surface area contributed by atoms with E-state index in [1.807, 2.05) is 25.1 Å². The first kappa shape index (κ1) is 15.3. The van der Waals surface area contributed by atoms with Gasteiger partial charge < -0.3 is 10.1 Å². The van der Waals surface area contributed by atoms with Gasteiger partial charge in [0.2, 0.25) is 0 Å². The number of hydrogen-bond acceptors (Lipinski definition) is 4. The van der Waals surface area contributed by atoms with E-state index in [2.05, 4.69) is 21.2 Å². The molecule has 0 saturated carbocycles. The number of nitrogens with one attached hydrogen (secondary N) is 1. The van der Waals surface area contributed by atoms with Crippen LogP contribution < -0.4 is 10.1 Å². The summed E-state index contributed by atoms with van der Waals surface area (Å²) in [6.45, 7) is 2.49. The van der Waals surface area contributed by atoms with Crippen LogP contribution in [0.15, 0.2) is 40.9 Å². The van der Waals surface area contributed by atoms with Crippen LogP contribution in [-0.2, 0) is 6.54 Å². The number of non-ortho nitro benzene ring substituents is 1. The van der Waals surface area contributed by atoms with Crippen LogP contribution in [0.1, 0.15) is 11.1 Å². The number of halogens is 1. The van der Waals surface area contributed by atoms with E-state index >= 15 is 0 Å². The molecular weight excluding hydrogens is 336 g/mol. The summed E-state index contributed by atoms with van der Waals surface area (Å²) < 4.78 is 6.14. The van der Waals surface area contributed by atoms with Crippen molar-refractivity contribution >= 4 is 27.3 Å². The molecule has 0 unspecified atom stereocenters. The highest BCUT2D eigenvalue weighted by molar-refractivity contribution is 9.10. The molecular formula is C15H15BrN2O3. The summed E-state index contributed by atoms with van der Waals surface area (Å²) in [4.78, 5) is 10.5. The molecule has 0 aliphatic heterocycles. The normalized spacial score (nSPS) is 10.2. The fourth-order valence-electron chi connectivity index (χ4n) is 1.93. The first-order chi connectivity index (χ1) is 9.99. The molecule has 2 aromatic rings. The van der Waals surface area contributed by atoms with Crippen molar-refractivity contribution in [3.8, 4) is 5.75 Å². The van der Waals surface area contributed by atoms with Crippen LogP contribution >= 0.6 is 15.9 Å². The Morgan fingerprint density at radius 1 is 1.29 bits per heavy atom. The van der Waals surface area contributed by atoms with Crippen LogP contribution in [0, 0.1) is 17.0 Å². The summed E-state index contributed by atoms with van der Waals surface area (Å²) in [6.07, 6.45) is 0. The van der Waals surface area contributed by atoms with Gasteiger partial charge in [-0.25, -0.2) is 0 Å². The fraction of sp³-hybridized carbons (Fsp3) is 0.200. The van der Waals surface area contributed by atoms with Crippen molar-refractivity contribution in [3.05, 3.63) is 62.1 Å². The molecule has 21 heavy (non-hydrogen) atoms. The predicted molar refractivity (Wildman–Crippen MR) is 85.9 cm³/mol. The van der Waals surface area contributed by atoms with Gasteiger partial charge in [-0.05, 0) is 42.3 Å². The van der Waals surface area contributed by atoms with Crippen molar-refractivity contribution < 1.29 is 9.66 Å². The molecule has 0 heterocycles. The summed E-state index contributed by atoms with van der Waals surface area (Å²) in [5.41, 5.74) is 2.90. The summed E-state index contributed by atoms with van der Waals surface area (Å²) >= 11 is 3.45. The molecule has 110 valence electrons. The first-order valence-electron chi connectivity index (χ1n) is 6.32. The number of nitro benzene ring substituents is 1. The number of nitro groups is 1. The standard InChI is InChI=1S/C15H15BrN2O3/c1-10-5-12(3-4-15(10)16)17-9-11-6-13(18(19)20)8-14(7-11)21-2/h3-8,17H,9H2,1-2H3. The number of aryl methyl sites for hydroxylation is 1. The minimum absolute atomic E-state index is 0.0261. The Hall–Kier alpha value is -2.08. The third-order valence-corrected chi connectivity index (χ3v) is 3.94. The quantitative estimate of drug-likeness (QED) is 0.645. The number of methoxy groups -OCH3 is 1. The maximum atomic E-state index is 10.9. The zero-order valence-corrected chi connectivity index (χ0v) is 13.3. The van der Waals surface area contributed by atoms with Crippen LogP contribution in [0.3, 0.4) is 0 Å². The van der Waals surface area contributed by atoms with Crippen molar-refractivity contribution in [3.63, 3.8) is 0 Å². The van der Waals surface area contributed by atoms with Gasteiger partial charge in [0.1, 0.15) is 5.75 Å². The smallest absolute Gasteiger partial charge is 0.273 e. The predicted octanol–water partition coefficient (Wildman–Crippen LogP) is 4.29. The van der Waals surface area contributed by atoms with Crippen molar-refractivity contribution in [2.45, 2.75) is 13.5 Å². The van der Waals surface area contributed by atoms with E-state index in [9.17, 15) is 10.1 Å². The summed E-state index contributed by atoms with van der Waals surface area (Å²) in [7, 11) is 1.49. The van der Waals surface area contributed by atoms with Gasteiger partial charge in [0.05, 0.1) is 18.1 Å². The molecule has 0 bridgehead atoms. The van der Waals surface area contributed by atoms with Crippen molar-refractivity contribution in [1.82, 2.24) is 0 Å². The zero-order chi connectivity index (χ0) is 15.4. The minimum atomic E-state index is -0.421. The van der Waals surface area contributed by atoms with Gasteiger partial charge in [-0.3, -0.25) is 10.1 Å². The first-order valence-corrected chi connectivity index (χ1v) is 7.11. The molecule has 0 radical (unpaired) electrons. The Morgan fingerprint density at radius 3 is 2.67 bits per heavy atom. The lowest BCUT2D eigenvalue weighted by molar-refractivity contribution is -0.385. The number of benzene rings is 2. The third kappa shape index (κ3) is 3.95. The van der Waals surface area contributed by atoms with Crippen LogP contribution in [0.25, 0.3) is 0 Å². The van der Waals surface area contributed by atoms with E-state index in [1.165, 1.54) is 13.2 Å². The van der Waals surface area contributed by atoms with Gasteiger partial charge in [0.25, 0.3) is 5.69 Å². The van der Waals surface area contributed by atoms with Crippen LogP contribution in [0.4, 0.5) is 11.4 Å². The average Bonchev–Trinajstić information content (AvgIpc) is 2.48. The maximum absolute atomic E-state index is 10.9. The van der Waals surface area contributed by atoms with E-state index in [1.54, 1.807) is 12.1 Å². The van der Waals surface area contributed by atoms with E-state index < -0.39 is 4.92 Å². The molecule has 5 nitrogen and oxygen atoms in total. The van der Waals surface area contributed by atoms with Crippen LogP contribution in [0.5, 0.6) is 5.75 Å². The summed E-state index contributed by atoms with van der Waals surface area (Å²) in [6, 6.07) is 10.7. The van der Waals surface area contributed by atoms with Gasteiger partial charge in [-0.1, -0.05) is 15.9 Å². The molecule has 0 atom stereocenters. The van der Waals surface area contributed by atoms with Crippen LogP contribution in [0.2, 0.25) is 0 Å². The zero-order valence-electron chi connectivity index (χ0n) is 11.7. The van der Waals surface area contributed by atoms with E-state index in [0.717, 1.165) is 21.3 Å². The Kier molecular flexibility index (Phi) is 4.80. The van der Waals surface area contributed by atoms with Crippen molar-refractivity contribution in [2.75, 3.05) is 12.4 Å². The third-order valence-electron chi connectivity index (χ3n) is 3.05. The second-order valence-electron chi connectivity index (χ2n) is 4.61. The van der Waals surface area contributed by atoms with E-state index in [0.29, 0.717) is 12.3 Å². The molecule has 0 saturated heterocycles. The lowest BCUT2D eigenvalue weighted by Crippen LogP contribution is -2.01. The summed E-state index contributed by atoms with van der Waals surface area (Å²) in [5, 5.41) is 14.1. The van der Waals surface area contributed by atoms with Gasteiger partial charge in [0.15, 0.2) is 0 Å². The molecule has 0 amide bonds. The topological polar surface area (TPSA) is 64.4 Å². The van der Waals surface area contributed by atoms with Gasteiger partial charge in [-0.15, -0.1) is 0 Å². The SMILES string of the molecule is COc1cc(CNc2ccc(Br)c(C)c2)cc([N+](=O)[O-])c1. The number of rotatable bonds is 5. The Bertz CT molecular complexity index is 674. The highest BCUT2D eigenvalue weighted by Gasteiger charge is 2.10. The van der Waals surface area contributed by atoms with Gasteiger partial charge in [-0.2, -0.15) is 0 Å². The molecule has 0 aliphatic carbocycles. The number of nitrogens with zero attached hydrogens (tertiary/aromatic N) is 1.